The maximum absolute atomic E-state index is 12.9. The molecular formula is C18H20BrN3O4. The van der Waals surface area contributed by atoms with Gasteiger partial charge >= 0.3 is 0 Å². The molecule has 8 heteroatoms. The Morgan fingerprint density at radius 2 is 1.96 bits per heavy atom. The zero-order valence-electron chi connectivity index (χ0n) is 14.4. The van der Waals surface area contributed by atoms with Crippen molar-refractivity contribution in [1.82, 2.24) is 5.32 Å². The molecule has 0 heterocycles. The highest BCUT2D eigenvalue weighted by Crippen LogP contribution is 2.28. The summed E-state index contributed by atoms with van der Waals surface area (Å²) in [6.07, 6.45) is 0. The molecule has 0 bridgehead atoms. The van der Waals surface area contributed by atoms with Gasteiger partial charge in [-0.3, -0.25) is 20.2 Å². The number of hydrogen-bond acceptors (Lipinski definition) is 5. The number of nitro groups is 1. The first kappa shape index (κ1) is 20.0. The van der Waals surface area contributed by atoms with Crippen LogP contribution in [0.4, 0.5) is 11.4 Å². The van der Waals surface area contributed by atoms with Gasteiger partial charge in [-0.05, 0) is 34.5 Å². The van der Waals surface area contributed by atoms with E-state index in [1.54, 1.807) is 7.11 Å². The molecule has 0 aromatic heterocycles. The first-order valence-electron chi connectivity index (χ1n) is 7.97. The first-order valence-corrected chi connectivity index (χ1v) is 8.76. The lowest BCUT2D eigenvalue weighted by molar-refractivity contribution is -0.384. The maximum Gasteiger partial charge on any atom is 0.270 e. The van der Waals surface area contributed by atoms with Crippen molar-refractivity contribution in [3.8, 4) is 0 Å². The normalized spacial score (nSPS) is 13.0. The van der Waals surface area contributed by atoms with Crippen molar-refractivity contribution in [2.45, 2.75) is 19.0 Å². The zero-order valence-corrected chi connectivity index (χ0v) is 16.0. The molecule has 0 saturated heterocycles. The Kier molecular flexibility index (Phi) is 7.26. The van der Waals surface area contributed by atoms with E-state index in [2.05, 4.69) is 26.6 Å². The Bertz CT molecular complexity index is 770. The van der Waals surface area contributed by atoms with Crippen LogP contribution in [0.3, 0.4) is 0 Å². The minimum atomic E-state index is -0.594. The summed E-state index contributed by atoms with van der Waals surface area (Å²) in [5, 5.41) is 16.9. The van der Waals surface area contributed by atoms with Gasteiger partial charge in [0.05, 0.1) is 17.2 Å². The summed E-state index contributed by atoms with van der Waals surface area (Å²) >= 11 is 3.27. The lowest BCUT2D eigenvalue weighted by atomic mass is 10.0. The summed E-state index contributed by atoms with van der Waals surface area (Å²) in [5.74, 6) is -0.270. The molecule has 26 heavy (non-hydrogen) atoms. The SMILES string of the molecule is COC[C@@H](C)N[C@@H](C(=O)Nc1ccc([N+](=O)[O-])cc1Br)c1ccccc1. The Morgan fingerprint density at radius 1 is 1.27 bits per heavy atom. The lowest BCUT2D eigenvalue weighted by Crippen LogP contribution is -2.40. The van der Waals surface area contributed by atoms with Crippen LogP contribution in [0.15, 0.2) is 53.0 Å². The van der Waals surface area contributed by atoms with Gasteiger partial charge in [0.25, 0.3) is 5.69 Å². The van der Waals surface area contributed by atoms with Crippen LogP contribution in [-0.4, -0.2) is 30.6 Å². The number of hydrogen-bond donors (Lipinski definition) is 2. The van der Waals surface area contributed by atoms with Gasteiger partial charge in [-0.15, -0.1) is 0 Å². The number of carbonyl (C=O) groups is 1. The number of anilines is 1. The topological polar surface area (TPSA) is 93.5 Å². The first-order chi connectivity index (χ1) is 12.4. The van der Waals surface area contributed by atoms with Crippen molar-refractivity contribution in [3.63, 3.8) is 0 Å². The second kappa shape index (κ2) is 9.42. The van der Waals surface area contributed by atoms with Gasteiger partial charge in [0.2, 0.25) is 5.91 Å². The smallest absolute Gasteiger partial charge is 0.270 e. The van der Waals surface area contributed by atoms with E-state index in [1.165, 1.54) is 18.2 Å². The molecule has 0 aliphatic rings. The van der Waals surface area contributed by atoms with Crippen LogP contribution in [0.2, 0.25) is 0 Å². The minimum absolute atomic E-state index is 0.0451. The van der Waals surface area contributed by atoms with Crippen molar-refractivity contribution >= 4 is 33.2 Å². The monoisotopic (exact) mass is 421 g/mol. The Labute approximate surface area is 160 Å². The highest BCUT2D eigenvalue weighted by Gasteiger charge is 2.23. The van der Waals surface area contributed by atoms with Crippen LogP contribution in [0.25, 0.3) is 0 Å². The molecule has 2 N–H and O–H groups in total. The minimum Gasteiger partial charge on any atom is -0.383 e. The number of nitro benzene ring substituents is 1. The number of carbonyl (C=O) groups excluding carboxylic acids is 1. The van der Waals surface area contributed by atoms with Crippen molar-refractivity contribution in [2.75, 3.05) is 19.0 Å². The molecule has 1 amide bonds. The largest absolute Gasteiger partial charge is 0.383 e. The van der Waals surface area contributed by atoms with Crippen LogP contribution < -0.4 is 10.6 Å². The number of methoxy groups -OCH3 is 1. The molecule has 0 aliphatic heterocycles. The summed E-state index contributed by atoms with van der Waals surface area (Å²) in [5.41, 5.74) is 1.22. The third-order valence-electron chi connectivity index (χ3n) is 3.68. The Hall–Kier alpha value is -2.29. The Morgan fingerprint density at radius 3 is 2.54 bits per heavy atom. The number of non-ortho nitro benzene ring substituents is 1. The summed E-state index contributed by atoms with van der Waals surface area (Å²) < 4.78 is 5.57. The van der Waals surface area contributed by atoms with E-state index in [4.69, 9.17) is 4.74 Å². The third-order valence-corrected chi connectivity index (χ3v) is 4.34. The molecule has 0 fully saturated rings. The summed E-state index contributed by atoms with van der Waals surface area (Å²) in [4.78, 5) is 23.2. The van der Waals surface area contributed by atoms with E-state index in [1.807, 2.05) is 37.3 Å². The second-order valence-corrected chi connectivity index (χ2v) is 6.63. The Balaban J connectivity index is 2.22. The molecule has 0 spiro atoms. The van der Waals surface area contributed by atoms with Crippen LogP contribution >= 0.6 is 15.9 Å². The van der Waals surface area contributed by atoms with E-state index in [-0.39, 0.29) is 17.6 Å². The number of halogens is 1. The van der Waals surface area contributed by atoms with Gasteiger partial charge in [0.1, 0.15) is 6.04 Å². The fourth-order valence-electron chi connectivity index (χ4n) is 2.48. The highest BCUT2D eigenvalue weighted by molar-refractivity contribution is 9.10. The van der Waals surface area contributed by atoms with E-state index in [0.29, 0.717) is 16.8 Å². The maximum atomic E-state index is 12.9. The van der Waals surface area contributed by atoms with Crippen molar-refractivity contribution in [2.24, 2.45) is 0 Å². The third kappa shape index (κ3) is 5.35. The highest BCUT2D eigenvalue weighted by atomic mass is 79.9. The molecule has 0 saturated carbocycles. The van der Waals surface area contributed by atoms with Crippen LogP contribution in [0.1, 0.15) is 18.5 Å². The number of rotatable bonds is 8. The molecule has 2 aromatic carbocycles. The molecule has 0 aliphatic carbocycles. The standard InChI is InChI=1S/C18H20BrN3O4/c1-12(11-26-2)20-17(13-6-4-3-5-7-13)18(23)21-16-9-8-14(22(24)25)10-15(16)19/h3-10,12,17,20H,11H2,1-2H3,(H,21,23)/t12-,17-/m1/s1. The van der Waals surface area contributed by atoms with Gasteiger partial charge in [-0.25, -0.2) is 0 Å². The lowest BCUT2D eigenvalue weighted by Gasteiger charge is -2.23. The molecule has 2 atom stereocenters. The molecule has 2 aromatic rings. The predicted molar refractivity (Wildman–Crippen MR) is 103 cm³/mol. The predicted octanol–water partition coefficient (Wildman–Crippen LogP) is 3.66. The summed E-state index contributed by atoms with van der Waals surface area (Å²) in [6, 6.07) is 12.9. The molecule has 138 valence electrons. The van der Waals surface area contributed by atoms with Crippen LogP contribution in [-0.2, 0) is 9.53 Å². The average Bonchev–Trinajstić information content (AvgIpc) is 2.62. The van der Waals surface area contributed by atoms with Gasteiger partial charge in [-0.1, -0.05) is 30.3 Å². The fraction of sp³-hybridized carbons (Fsp3) is 0.278. The molecule has 0 unspecified atom stereocenters. The van der Waals surface area contributed by atoms with Gasteiger partial charge < -0.3 is 10.1 Å². The number of ether oxygens (including phenoxy) is 1. The number of amides is 1. The molecule has 0 radical (unpaired) electrons. The van der Waals surface area contributed by atoms with E-state index < -0.39 is 11.0 Å². The van der Waals surface area contributed by atoms with Crippen molar-refractivity contribution < 1.29 is 14.5 Å². The van der Waals surface area contributed by atoms with Crippen molar-refractivity contribution in [1.29, 1.82) is 0 Å². The van der Waals surface area contributed by atoms with Gasteiger partial charge in [0, 0.05) is 29.8 Å². The second-order valence-electron chi connectivity index (χ2n) is 5.78. The molecular weight excluding hydrogens is 402 g/mol. The summed E-state index contributed by atoms with van der Waals surface area (Å²) in [6.45, 7) is 2.38. The van der Waals surface area contributed by atoms with E-state index in [0.717, 1.165) is 5.56 Å². The fourth-order valence-corrected chi connectivity index (χ4v) is 2.94. The van der Waals surface area contributed by atoms with Crippen LogP contribution in [0, 0.1) is 10.1 Å². The average molecular weight is 422 g/mol. The van der Waals surface area contributed by atoms with E-state index >= 15 is 0 Å². The number of benzene rings is 2. The quantitative estimate of drug-likeness (QED) is 0.500. The van der Waals surface area contributed by atoms with Gasteiger partial charge in [-0.2, -0.15) is 0 Å². The molecule has 2 rings (SSSR count). The summed E-state index contributed by atoms with van der Waals surface area (Å²) in [7, 11) is 1.60. The zero-order chi connectivity index (χ0) is 19.1. The van der Waals surface area contributed by atoms with Crippen LogP contribution in [0.5, 0.6) is 0 Å². The van der Waals surface area contributed by atoms with Crippen molar-refractivity contribution in [3.05, 3.63) is 68.7 Å². The number of nitrogens with one attached hydrogen (secondary N) is 2. The number of nitrogens with zero attached hydrogens (tertiary/aromatic N) is 1. The van der Waals surface area contributed by atoms with E-state index in [9.17, 15) is 14.9 Å². The molecule has 7 nitrogen and oxygen atoms in total. The van der Waals surface area contributed by atoms with Gasteiger partial charge in [0.15, 0.2) is 0 Å².